The molecule has 0 aliphatic rings. The van der Waals surface area contributed by atoms with Crippen LogP contribution in [0.4, 0.5) is 0 Å². The molecule has 90 valence electrons. The Labute approximate surface area is 99.3 Å². The highest BCUT2D eigenvalue weighted by Gasteiger charge is 2.05. The zero-order valence-corrected chi connectivity index (χ0v) is 11.3. The van der Waals surface area contributed by atoms with Gasteiger partial charge in [-0.15, -0.1) is 0 Å². The predicted molar refractivity (Wildman–Crippen MR) is 73.3 cm³/mol. The lowest BCUT2D eigenvalue weighted by molar-refractivity contribution is 0.608. The second kappa shape index (κ2) is 6.26. The number of nitrogens with zero attached hydrogens (tertiary/aromatic N) is 3. The van der Waals surface area contributed by atoms with Crippen LogP contribution in [-0.2, 0) is 0 Å². The van der Waals surface area contributed by atoms with E-state index in [4.69, 9.17) is 0 Å². The minimum Gasteiger partial charge on any atom is -0.363 e. The number of aliphatic imine (C=N–C) groups is 2. The highest BCUT2D eigenvalue weighted by atomic mass is 15.2. The summed E-state index contributed by atoms with van der Waals surface area (Å²) in [6.45, 7) is 15.6. The van der Waals surface area contributed by atoms with Crippen molar-refractivity contribution < 1.29 is 0 Å². The van der Waals surface area contributed by atoms with Crippen LogP contribution in [0, 0.1) is 0 Å². The Bertz CT molecular complexity index is 335. The average Bonchev–Trinajstić information content (AvgIpc) is 2.12. The maximum absolute atomic E-state index is 4.51. The zero-order chi connectivity index (χ0) is 12.9. The average molecular weight is 221 g/mol. The van der Waals surface area contributed by atoms with Crippen molar-refractivity contribution in [2.45, 2.75) is 33.9 Å². The van der Waals surface area contributed by atoms with Gasteiger partial charge < -0.3 is 4.90 Å². The van der Waals surface area contributed by atoms with E-state index in [1.807, 2.05) is 46.7 Å². The first-order valence-electron chi connectivity index (χ1n) is 5.37. The molecule has 16 heavy (non-hydrogen) atoms. The smallest absolute Gasteiger partial charge is 0.139 e. The number of rotatable bonds is 4. The lowest BCUT2D eigenvalue weighted by atomic mass is 10.2. The molecular formula is C13H23N3. The van der Waals surface area contributed by atoms with Gasteiger partial charge in [0.25, 0.3) is 0 Å². The van der Waals surface area contributed by atoms with Crippen LogP contribution >= 0.6 is 0 Å². The fourth-order valence-electron chi connectivity index (χ4n) is 1.20. The van der Waals surface area contributed by atoms with Gasteiger partial charge in [0.05, 0.1) is 0 Å². The summed E-state index contributed by atoms with van der Waals surface area (Å²) in [5.41, 5.74) is 2.86. The quantitative estimate of drug-likeness (QED) is 0.530. The summed E-state index contributed by atoms with van der Waals surface area (Å²) in [6, 6.07) is 0. The normalized spacial score (nSPS) is 14.6. The van der Waals surface area contributed by atoms with Crippen LogP contribution in [-0.4, -0.2) is 36.7 Å². The Morgan fingerprint density at radius 1 is 1.00 bits per heavy atom. The topological polar surface area (TPSA) is 28.0 Å². The van der Waals surface area contributed by atoms with Gasteiger partial charge in [0, 0.05) is 19.8 Å². The van der Waals surface area contributed by atoms with E-state index in [0.717, 1.165) is 22.7 Å². The summed E-state index contributed by atoms with van der Waals surface area (Å²) in [5, 5.41) is 0. The summed E-state index contributed by atoms with van der Waals surface area (Å²) in [5.74, 6) is 0.880. The minimum absolute atomic E-state index is 0.106. The molecule has 1 unspecified atom stereocenters. The predicted octanol–water partition coefficient (Wildman–Crippen LogP) is 2.91. The molecule has 0 aliphatic carbocycles. The van der Waals surface area contributed by atoms with E-state index in [1.165, 1.54) is 0 Å². The number of allylic oxidation sites excluding steroid dienone is 1. The third-order valence-corrected chi connectivity index (χ3v) is 2.11. The first-order valence-corrected chi connectivity index (χ1v) is 5.37. The molecule has 0 saturated carbocycles. The molecule has 0 aromatic carbocycles. The zero-order valence-electron chi connectivity index (χ0n) is 11.3. The van der Waals surface area contributed by atoms with E-state index in [2.05, 4.69) is 23.1 Å². The molecule has 0 rings (SSSR count). The van der Waals surface area contributed by atoms with Gasteiger partial charge in [0.1, 0.15) is 12.0 Å². The van der Waals surface area contributed by atoms with Crippen molar-refractivity contribution in [1.82, 2.24) is 4.90 Å². The van der Waals surface area contributed by atoms with Crippen LogP contribution < -0.4 is 0 Å². The Balaban J connectivity index is 4.93. The fourth-order valence-corrected chi connectivity index (χ4v) is 1.20. The fraction of sp³-hybridized carbons (Fsp3) is 0.538. The maximum Gasteiger partial charge on any atom is 0.139 e. The summed E-state index contributed by atoms with van der Waals surface area (Å²) < 4.78 is 0. The summed E-state index contributed by atoms with van der Waals surface area (Å²) in [4.78, 5) is 10.9. The van der Waals surface area contributed by atoms with E-state index in [-0.39, 0.29) is 6.17 Å². The van der Waals surface area contributed by atoms with Crippen molar-refractivity contribution in [3.63, 3.8) is 0 Å². The minimum atomic E-state index is -0.106. The monoisotopic (exact) mass is 221 g/mol. The van der Waals surface area contributed by atoms with Crippen molar-refractivity contribution in [2.75, 3.05) is 14.1 Å². The second-order valence-corrected chi connectivity index (χ2v) is 4.25. The van der Waals surface area contributed by atoms with E-state index >= 15 is 0 Å². The number of amidine groups is 1. The lowest BCUT2D eigenvalue weighted by Gasteiger charge is -2.17. The van der Waals surface area contributed by atoms with Gasteiger partial charge in [-0.25, -0.2) is 4.99 Å². The van der Waals surface area contributed by atoms with Crippen molar-refractivity contribution in [3.8, 4) is 0 Å². The van der Waals surface area contributed by atoms with Crippen LogP contribution in [0.1, 0.15) is 27.7 Å². The highest BCUT2D eigenvalue weighted by molar-refractivity contribution is 5.98. The molecule has 0 fully saturated rings. The molecule has 0 N–H and O–H groups in total. The molecule has 0 saturated heterocycles. The molecule has 0 radical (unpaired) electrons. The van der Waals surface area contributed by atoms with Gasteiger partial charge in [-0.2, -0.15) is 0 Å². The van der Waals surface area contributed by atoms with E-state index in [1.54, 1.807) is 0 Å². The molecule has 0 spiro atoms. The van der Waals surface area contributed by atoms with Crippen molar-refractivity contribution in [2.24, 2.45) is 9.98 Å². The molecule has 0 amide bonds. The Hall–Kier alpha value is -1.38. The Morgan fingerprint density at radius 2 is 1.50 bits per heavy atom. The molecular weight excluding hydrogens is 198 g/mol. The lowest BCUT2D eigenvalue weighted by Crippen LogP contribution is -2.24. The van der Waals surface area contributed by atoms with Crippen LogP contribution in [0.3, 0.4) is 0 Å². The van der Waals surface area contributed by atoms with E-state index < -0.39 is 0 Å². The molecule has 1 atom stereocenters. The molecule has 0 aromatic rings. The number of likely N-dealkylation sites (N-methyl/N-ethyl adjacent to an activating group) is 1. The number of hydrogen-bond acceptors (Lipinski definition) is 2. The third-order valence-electron chi connectivity index (χ3n) is 2.11. The van der Waals surface area contributed by atoms with Crippen LogP contribution in [0.5, 0.6) is 0 Å². The van der Waals surface area contributed by atoms with Gasteiger partial charge in [0.2, 0.25) is 0 Å². The van der Waals surface area contributed by atoms with Gasteiger partial charge in [-0.05, 0) is 38.8 Å². The Morgan fingerprint density at radius 3 is 1.81 bits per heavy atom. The molecule has 3 nitrogen and oxygen atoms in total. The summed E-state index contributed by atoms with van der Waals surface area (Å²) in [6.07, 6.45) is -0.106. The summed E-state index contributed by atoms with van der Waals surface area (Å²) >= 11 is 0. The van der Waals surface area contributed by atoms with E-state index in [9.17, 15) is 0 Å². The second-order valence-electron chi connectivity index (χ2n) is 4.25. The first kappa shape index (κ1) is 14.6. The van der Waals surface area contributed by atoms with Gasteiger partial charge in [-0.3, -0.25) is 4.99 Å². The highest BCUT2D eigenvalue weighted by Crippen LogP contribution is 2.04. The van der Waals surface area contributed by atoms with Crippen molar-refractivity contribution in [1.29, 1.82) is 0 Å². The molecule has 0 heterocycles. The van der Waals surface area contributed by atoms with Gasteiger partial charge in [0.15, 0.2) is 0 Å². The van der Waals surface area contributed by atoms with Crippen LogP contribution in [0.15, 0.2) is 34.3 Å². The third kappa shape index (κ3) is 4.91. The number of hydrogen-bond donors (Lipinski definition) is 0. The Kier molecular flexibility index (Phi) is 5.72. The van der Waals surface area contributed by atoms with Crippen molar-refractivity contribution >= 4 is 11.5 Å². The molecule has 0 bridgehead atoms. The summed E-state index contributed by atoms with van der Waals surface area (Å²) in [7, 11) is 3.91. The molecule has 3 heteroatoms. The standard InChI is InChI=1S/C13H23N3/c1-9(2)11(5)14-12(6)15-13(10(3)4)16(7)8/h12H,1,3H2,2,4-8H3. The SMILES string of the molecule is C=C(C)C(C)=NC(C)N=C(C(=C)C)N(C)C. The van der Waals surface area contributed by atoms with Gasteiger partial charge in [-0.1, -0.05) is 13.2 Å². The van der Waals surface area contributed by atoms with Crippen LogP contribution in [0.25, 0.3) is 0 Å². The first-order chi connectivity index (χ1) is 7.25. The van der Waals surface area contributed by atoms with Crippen molar-refractivity contribution in [3.05, 3.63) is 24.3 Å². The molecule has 0 aliphatic heterocycles. The maximum atomic E-state index is 4.51. The molecule has 0 aromatic heterocycles. The van der Waals surface area contributed by atoms with Crippen LogP contribution in [0.2, 0.25) is 0 Å². The van der Waals surface area contributed by atoms with E-state index in [0.29, 0.717) is 0 Å². The van der Waals surface area contributed by atoms with Gasteiger partial charge >= 0.3 is 0 Å². The largest absolute Gasteiger partial charge is 0.363 e.